The molecule has 0 unspecified atom stereocenters. The van der Waals surface area contributed by atoms with E-state index >= 15 is 0 Å². The zero-order valence-corrected chi connectivity index (χ0v) is 16.5. The molecule has 1 N–H and O–H groups in total. The normalized spacial score (nSPS) is 11.5. The van der Waals surface area contributed by atoms with Crippen LogP contribution in [0.5, 0.6) is 0 Å². The first-order chi connectivity index (χ1) is 12.9. The Morgan fingerprint density at radius 2 is 1.74 bits per heavy atom. The van der Waals surface area contributed by atoms with E-state index in [1.165, 1.54) is 4.31 Å². The van der Waals surface area contributed by atoms with Gasteiger partial charge in [0.25, 0.3) is 0 Å². The molecule has 0 bridgehead atoms. The summed E-state index contributed by atoms with van der Waals surface area (Å²) in [7, 11) is -2.23. The first-order valence-electron chi connectivity index (χ1n) is 8.80. The van der Waals surface area contributed by atoms with Gasteiger partial charge in [0.05, 0.1) is 18.0 Å². The predicted molar refractivity (Wildman–Crippen MR) is 105 cm³/mol. The van der Waals surface area contributed by atoms with Crippen LogP contribution >= 0.6 is 0 Å². The number of nitrogens with zero attached hydrogens (tertiary/aromatic N) is 1. The maximum atomic E-state index is 13.1. The van der Waals surface area contributed by atoms with Gasteiger partial charge in [-0.05, 0) is 31.0 Å². The highest BCUT2D eigenvalue weighted by molar-refractivity contribution is 7.89. The fourth-order valence-electron chi connectivity index (χ4n) is 2.55. The number of nitrogens with one attached hydrogen (secondary N) is 1. The number of aryl methyl sites for hydroxylation is 1. The number of benzene rings is 2. The minimum Gasteiger partial charge on any atom is -0.383 e. The second-order valence-electron chi connectivity index (χ2n) is 6.23. The highest BCUT2D eigenvalue weighted by atomic mass is 32.2. The molecule has 0 aliphatic carbocycles. The van der Waals surface area contributed by atoms with Crippen LogP contribution < -0.4 is 5.32 Å². The Bertz CT molecular complexity index is 821. The number of amides is 1. The lowest BCUT2D eigenvalue weighted by molar-refractivity contribution is -0.121. The topological polar surface area (TPSA) is 75.7 Å². The van der Waals surface area contributed by atoms with Crippen LogP contribution in [-0.2, 0) is 26.0 Å². The lowest BCUT2D eigenvalue weighted by Crippen LogP contribution is -2.42. The van der Waals surface area contributed by atoms with Crippen LogP contribution in [0.25, 0.3) is 0 Å². The number of carbonyl (C=O) groups excluding carboxylic acids is 1. The molecule has 0 saturated heterocycles. The number of methoxy groups -OCH3 is 1. The van der Waals surface area contributed by atoms with E-state index in [1.54, 1.807) is 31.4 Å². The molecule has 2 aromatic carbocycles. The predicted octanol–water partition coefficient (Wildman–Crippen LogP) is 1.99. The van der Waals surface area contributed by atoms with E-state index in [9.17, 15) is 13.2 Å². The molecular formula is C20H26N2O4S. The summed E-state index contributed by atoms with van der Waals surface area (Å²) in [5.74, 6) is -0.351. The second kappa shape index (κ2) is 10.2. The highest BCUT2D eigenvalue weighted by Crippen LogP contribution is 2.17. The summed E-state index contributed by atoms with van der Waals surface area (Å²) < 4.78 is 32.2. The van der Waals surface area contributed by atoms with Crippen molar-refractivity contribution < 1.29 is 17.9 Å². The first kappa shape index (κ1) is 21.1. The highest BCUT2D eigenvalue weighted by Gasteiger charge is 2.26. The summed E-state index contributed by atoms with van der Waals surface area (Å²) >= 11 is 0. The van der Waals surface area contributed by atoms with Crippen molar-refractivity contribution in [3.63, 3.8) is 0 Å². The molecular weight excluding hydrogens is 364 g/mol. The largest absolute Gasteiger partial charge is 0.383 e. The Labute approximate surface area is 161 Å². The SMILES string of the molecule is COCCNC(=O)CN(CCc1ccccc1)S(=O)(=O)c1ccc(C)cc1. The summed E-state index contributed by atoms with van der Waals surface area (Å²) in [6.45, 7) is 2.60. The van der Waals surface area contributed by atoms with Gasteiger partial charge >= 0.3 is 0 Å². The van der Waals surface area contributed by atoms with Gasteiger partial charge in [0.15, 0.2) is 0 Å². The number of hydrogen-bond donors (Lipinski definition) is 1. The molecule has 0 heterocycles. The molecule has 2 aromatic rings. The molecule has 0 saturated carbocycles. The number of carbonyl (C=O) groups is 1. The Kier molecular flexibility index (Phi) is 7.97. The van der Waals surface area contributed by atoms with Crippen molar-refractivity contribution in [2.45, 2.75) is 18.2 Å². The van der Waals surface area contributed by atoms with E-state index < -0.39 is 10.0 Å². The van der Waals surface area contributed by atoms with Crippen LogP contribution in [-0.4, -0.2) is 52.0 Å². The van der Waals surface area contributed by atoms with Gasteiger partial charge in [0.1, 0.15) is 0 Å². The fourth-order valence-corrected chi connectivity index (χ4v) is 3.95. The quantitative estimate of drug-likeness (QED) is 0.630. The van der Waals surface area contributed by atoms with E-state index in [2.05, 4.69) is 5.32 Å². The van der Waals surface area contributed by atoms with E-state index in [-0.39, 0.29) is 23.9 Å². The average molecular weight is 391 g/mol. The van der Waals surface area contributed by atoms with E-state index in [0.29, 0.717) is 19.6 Å². The molecule has 146 valence electrons. The Balaban J connectivity index is 2.16. The second-order valence-corrected chi connectivity index (χ2v) is 8.17. The zero-order valence-electron chi connectivity index (χ0n) is 15.7. The van der Waals surface area contributed by atoms with Gasteiger partial charge in [-0.2, -0.15) is 4.31 Å². The van der Waals surface area contributed by atoms with Gasteiger partial charge in [-0.25, -0.2) is 8.42 Å². The Morgan fingerprint density at radius 1 is 1.07 bits per heavy atom. The average Bonchev–Trinajstić information content (AvgIpc) is 2.66. The Morgan fingerprint density at radius 3 is 2.37 bits per heavy atom. The van der Waals surface area contributed by atoms with E-state index in [4.69, 9.17) is 4.74 Å². The summed E-state index contributed by atoms with van der Waals surface area (Å²) in [6, 6.07) is 16.3. The van der Waals surface area contributed by atoms with Crippen LogP contribution in [0.1, 0.15) is 11.1 Å². The molecule has 0 radical (unpaired) electrons. The van der Waals surface area contributed by atoms with Crippen molar-refractivity contribution in [1.82, 2.24) is 9.62 Å². The van der Waals surface area contributed by atoms with Crippen molar-refractivity contribution in [1.29, 1.82) is 0 Å². The first-order valence-corrected chi connectivity index (χ1v) is 10.2. The smallest absolute Gasteiger partial charge is 0.243 e. The summed E-state index contributed by atoms with van der Waals surface area (Å²) in [5, 5.41) is 2.67. The van der Waals surface area contributed by atoms with Crippen LogP contribution in [0.2, 0.25) is 0 Å². The fraction of sp³-hybridized carbons (Fsp3) is 0.350. The van der Waals surface area contributed by atoms with Crippen LogP contribution in [0.15, 0.2) is 59.5 Å². The van der Waals surface area contributed by atoms with Gasteiger partial charge < -0.3 is 10.1 Å². The number of ether oxygens (including phenoxy) is 1. The number of sulfonamides is 1. The lowest BCUT2D eigenvalue weighted by atomic mass is 10.1. The van der Waals surface area contributed by atoms with Gasteiger partial charge in [-0.3, -0.25) is 4.79 Å². The lowest BCUT2D eigenvalue weighted by Gasteiger charge is -2.22. The van der Waals surface area contributed by atoms with Gasteiger partial charge in [-0.15, -0.1) is 0 Å². The molecule has 0 aromatic heterocycles. The Hall–Kier alpha value is -2.22. The zero-order chi connectivity index (χ0) is 19.7. The molecule has 27 heavy (non-hydrogen) atoms. The maximum Gasteiger partial charge on any atom is 0.243 e. The third-order valence-electron chi connectivity index (χ3n) is 4.10. The van der Waals surface area contributed by atoms with Crippen molar-refractivity contribution in [3.8, 4) is 0 Å². The summed E-state index contributed by atoms with van der Waals surface area (Å²) in [6.07, 6.45) is 0.525. The van der Waals surface area contributed by atoms with Gasteiger partial charge in [0.2, 0.25) is 15.9 Å². The number of rotatable bonds is 10. The molecule has 0 atom stereocenters. The molecule has 6 nitrogen and oxygen atoms in total. The molecule has 7 heteroatoms. The summed E-state index contributed by atoms with van der Waals surface area (Å²) in [5.41, 5.74) is 1.99. The van der Waals surface area contributed by atoms with Gasteiger partial charge in [0, 0.05) is 20.2 Å². The minimum absolute atomic E-state index is 0.186. The van der Waals surface area contributed by atoms with Crippen molar-refractivity contribution in [2.24, 2.45) is 0 Å². The molecule has 1 amide bonds. The maximum absolute atomic E-state index is 13.1. The van der Waals surface area contributed by atoms with Crippen molar-refractivity contribution in [3.05, 3.63) is 65.7 Å². The molecule has 0 aliphatic rings. The van der Waals surface area contributed by atoms with Crippen LogP contribution in [0, 0.1) is 6.92 Å². The van der Waals surface area contributed by atoms with E-state index in [1.807, 2.05) is 37.3 Å². The molecule has 0 spiro atoms. The molecule has 0 aliphatic heterocycles. The van der Waals surface area contributed by atoms with Crippen LogP contribution in [0.4, 0.5) is 0 Å². The third-order valence-corrected chi connectivity index (χ3v) is 5.96. The van der Waals surface area contributed by atoms with Crippen LogP contribution in [0.3, 0.4) is 0 Å². The minimum atomic E-state index is -3.77. The van der Waals surface area contributed by atoms with Gasteiger partial charge in [-0.1, -0.05) is 48.0 Å². The van der Waals surface area contributed by atoms with E-state index in [0.717, 1.165) is 11.1 Å². The summed E-state index contributed by atoms with van der Waals surface area (Å²) in [4.78, 5) is 12.4. The standard InChI is InChI=1S/C20H26N2O4S/c1-17-8-10-19(11-9-17)27(24,25)22(16-20(23)21-13-15-26-2)14-12-18-6-4-3-5-7-18/h3-11H,12-16H2,1-2H3,(H,21,23). The number of hydrogen-bond acceptors (Lipinski definition) is 4. The molecule has 0 fully saturated rings. The van der Waals surface area contributed by atoms with Crippen molar-refractivity contribution in [2.75, 3.05) is 33.4 Å². The monoisotopic (exact) mass is 390 g/mol. The molecule has 2 rings (SSSR count). The third kappa shape index (κ3) is 6.46. The van der Waals surface area contributed by atoms with Crippen molar-refractivity contribution >= 4 is 15.9 Å².